The summed E-state index contributed by atoms with van der Waals surface area (Å²) in [7, 11) is -1.42. The molecule has 0 aliphatic carbocycles. The first-order valence-corrected chi connectivity index (χ1v) is 11.9. The van der Waals surface area contributed by atoms with E-state index < -0.39 is 9.84 Å². The number of amides is 1. The van der Waals surface area contributed by atoms with Crippen LogP contribution in [0.2, 0.25) is 0 Å². The van der Waals surface area contributed by atoms with Gasteiger partial charge in [0, 0.05) is 26.1 Å². The molecule has 1 saturated heterocycles. The van der Waals surface area contributed by atoms with Crippen LogP contribution in [-0.4, -0.2) is 53.4 Å². The van der Waals surface area contributed by atoms with Crippen LogP contribution in [0.25, 0.3) is 10.2 Å². The summed E-state index contributed by atoms with van der Waals surface area (Å²) in [6.07, 6.45) is 4.32. The van der Waals surface area contributed by atoms with Crippen LogP contribution in [0.1, 0.15) is 46.7 Å². The molecule has 2 aromatic heterocycles. The lowest BCUT2D eigenvalue weighted by atomic mass is 10.1. The highest BCUT2D eigenvalue weighted by molar-refractivity contribution is 7.91. The van der Waals surface area contributed by atoms with Crippen molar-refractivity contribution in [3.63, 3.8) is 0 Å². The first kappa shape index (κ1) is 18.6. The average molecular weight is 410 g/mol. The van der Waals surface area contributed by atoms with E-state index >= 15 is 0 Å². The van der Waals surface area contributed by atoms with Gasteiger partial charge in [0.2, 0.25) is 0 Å². The maximum absolute atomic E-state index is 13.0. The molecule has 7 nitrogen and oxygen atoms in total. The SMILES string of the molecule is Cc1c(C(=O)N(C)C2CCS(=O)(=O)C2)sc2nc3n(c(=O)c12)CCCCC3. The molecule has 27 heavy (non-hydrogen) atoms. The Morgan fingerprint density at radius 2 is 2.07 bits per heavy atom. The van der Waals surface area contributed by atoms with E-state index in [9.17, 15) is 18.0 Å². The zero-order valence-corrected chi connectivity index (χ0v) is 17.2. The van der Waals surface area contributed by atoms with Crippen molar-refractivity contribution in [2.75, 3.05) is 18.6 Å². The highest BCUT2D eigenvalue weighted by atomic mass is 32.2. The summed E-state index contributed by atoms with van der Waals surface area (Å²) in [5.41, 5.74) is 0.598. The van der Waals surface area contributed by atoms with E-state index in [4.69, 9.17) is 4.98 Å². The Labute approximate surface area is 161 Å². The predicted molar refractivity (Wildman–Crippen MR) is 105 cm³/mol. The fourth-order valence-corrected chi connectivity index (χ4v) is 6.97. The number of carbonyl (C=O) groups is 1. The maximum atomic E-state index is 13.0. The summed E-state index contributed by atoms with van der Waals surface area (Å²) in [6, 6.07) is -0.308. The minimum absolute atomic E-state index is 0.00832. The van der Waals surface area contributed by atoms with Gasteiger partial charge in [-0.15, -0.1) is 11.3 Å². The van der Waals surface area contributed by atoms with Gasteiger partial charge in [-0.2, -0.15) is 0 Å². The minimum atomic E-state index is -3.07. The number of carbonyl (C=O) groups excluding carboxylic acids is 1. The number of hydrogen-bond acceptors (Lipinski definition) is 6. The number of sulfone groups is 1. The van der Waals surface area contributed by atoms with Crippen molar-refractivity contribution >= 4 is 37.3 Å². The Morgan fingerprint density at radius 1 is 1.30 bits per heavy atom. The van der Waals surface area contributed by atoms with Crippen LogP contribution in [0.15, 0.2) is 4.79 Å². The normalized spacial score (nSPS) is 21.8. The van der Waals surface area contributed by atoms with Crippen molar-refractivity contribution < 1.29 is 13.2 Å². The fourth-order valence-electron chi connectivity index (χ4n) is 4.02. The first-order chi connectivity index (χ1) is 12.8. The second-order valence-corrected chi connectivity index (χ2v) is 10.7. The molecule has 0 saturated carbocycles. The van der Waals surface area contributed by atoms with Crippen LogP contribution in [0.3, 0.4) is 0 Å². The van der Waals surface area contributed by atoms with Gasteiger partial charge in [0.1, 0.15) is 10.7 Å². The van der Waals surface area contributed by atoms with Crippen LogP contribution < -0.4 is 5.56 Å². The highest BCUT2D eigenvalue weighted by Crippen LogP contribution is 2.30. The summed E-state index contributed by atoms with van der Waals surface area (Å²) >= 11 is 1.25. The Kier molecular flexibility index (Phi) is 4.62. The Hall–Kier alpha value is -1.74. The third-order valence-corrected chi connectivity index (χ3v) is 8.61. The summed E-state index contributed by atoms with van der Waals surface area (Å²) in [5, 5.41) is 0.529. The molecular weight excluding hydrogens is 386 g/mol. The summed E-state index contributed by atoms with van der Waals surface area (Å²) < 4.78 is 25.2. The van der Waals surface area contributed by atoms with Crippen molar-refractivity contribution in [3.05, 3.63) is 26.6 Å². The van der Waals surface area contributed by atoms with E-state index in [-0.39, 0.29) is 29.0 Å². The molecule has 2 aromatic rings. The molecule has 1 unspecified atom stereocenters. The Balaban J connectivity index is 1.75. The summed E-state index contributed by atoms with van der Waals surface area (Å²) in [5.74, 6) is 0.711. The second-order valence-electron chi connectivity index (χ2n) is 7.50. The van der Waals surface area contributed by atoms with E-state index in [1.165, 1.54) is 16.2 Å². The monoisotopic (exact) mass is 409 g/mol. The van der Waals surface area contributed by atoms with Crippen LogP contribution in [0.4, 0.5) is 0 Å². The molecular formula is C18H23N3O4S2. The summed E-state index contributed by atoms with van der Waals surface area (Å²) in [6.45, 7) is 2.47. The molecule has 1 amide bonds. The number of fused-ring (bicyclic) bond motifs is 2. The summed E-state index contributed by atoms with van der Waals surface area (Å²) in [4.78, 5) is 33.4. The number of nitrogens with zero attached hydrogens (tertiary/aromatic N) is 3. The lowest BCUT2D eigenvalue weighted by molar-refractivity contribution is 0.0752. The van der Waals surface area contributed by atoms with Crippen LogP contribution in [-0.2, 0) is 22.8 Å². The van der Waals surface area contributed by atoms with Gasteiger partial charge >= 0.3 is 0 Å². The molecule has 0 spiro atoms. The Morgan fingerprint density at radius 3 is 2.78 bits per heavy atom. The lowest BCUT2D eigenvalue weighted by Crippen LogP contribution is -2.37. The quantitative estimate of drug-likeness (QED) is 0.754. The van der Waals surface area contributed by atoms with Gasteiger partial charge in [-0.1, -0.05) is 6.42 Å². The van der Waals surface area contributed by atoms with E-state index in [2.05, 4.69) is 0 Å². The van der Waals surface area contributed by atoms with E-state index in [1.807, 2.05) is 0 Å². The fraction of sp³-hybridized carbons (Fsp3) is 0.611. The van der Waals surface area contributed by atoms with Crippen LogP contribution in [0, 0.1) is 6.92 Å². The van der Waals surface area contributed by atoms with Crippen LogP contribution >= 0.6 is 11.3 Å². The number of rotatable bonds is 2. The molecule has 9 heteroatoms. The van der Waals surface area contributed by atoms with Gasteiger partial charge < -0.3 is 4.90 Å². The van der Waals surface area contributed by atoms with Crippen LogP contribution in [0.5, 0.6) is 0 Å². The average Bonchev–Trinajstić information content (AvgIpc) is 3.04. The molecule has 0 radical (unpaired) electrons. The van der Waals surface area contributed by atoms with E-state index in [0.29, 0.717) is 33.6 Å². The van der Waals surface area contributed by atoms with Gasteiger partial charge in [0.05, 0.1) is 21.8 Å². The van der Waals surface area contributed by atoms with Crippen molar-refractivity contribution in [1.29, 1.82) is 0 Å². The molecule has 1 fully saturated rings. The standard InChI is InChI=1S/C18H23N3O4S2/c1-11-14-16(19-13-6-4-3-5-8-21(13)17(14)22)26-15(11)18(23)20(2)12-7-9-27(24,25)10-12/h12H,3-10H2,1-2H3. The zero-order chi connectivity index (χ0) is 19.3. The Bertz CT molecular complexity index is 1080. The van der Waals surface area contributed by atoms with Gasteiger partial charge in [0.25, 0.3) is 11.5 Å². The lowest BCUT2D eigenvalue weighted by Gasteiger charge is -2.23. The molecule has 146 valence electrons. The largest absolute Gasteiger partial charge is 0.337 e. The van der Waals surface area contributed by atoms with Crippen molar-refractivity contribution in [2.24, 2.45) is 0 Å². The number of aryl methyl sites for hydroxylation is 2. The number of thiophene rings is 1. The van der Waals surface area contributed by atoms with Gasteiger partial charge in [-0.25, -0.2) is 13.4 Å². The first-order valence-electron chi connectivity index (χ1n) is 9.29. The van der Waals surface area contributed by atoms with E-state index in [1.54, 1.807) is 18.5 Å². The molecule has 0 aromatic carbocycles. The zero-order valence-electron chi connectivity index (χ0n) is 15.5. The molecule has 2 aliphatic rings. The third-order valence-electron chi connectivity index (χ3n) is 5.68. The molecule has 1 atom stereocenters. The minimum Gasteiger partial charge on any atom is -0.337 e. The van der Waals surface area contributed by atoms with Gasteiger partial charge in [-0.05, 0) is 31.7 Å². The smallest absolute Gasteiger partial charge is 0.264 e. The maximum Gasteiger partial charge on any atom is 0.264 e. The van der Waals surface area contributed by atoms with Crippen molar-refractivity contribution in [3.8, 4) is 0 Å². The second kappa shape index (κ2) is 6.70. The molecule has 4 heterocycles. The van der Waals surface area contributed by atoms with E-state index in [0.717, 1.165) is 31.5 Å². The molecule has 0 bridgehead atoms. The van der Waals surface area contributed by atoms with Crippen molar-refractivity contribution in [2.45, 2.75) is 51.6 Å². The van der Waals surface area contributed by atoms with Gasteiger partial charge in [-0.3, -0.25) is 14.2 Å². The number of aromatic nitrogens is 2. The number of hydrogen-bond donors (Lipinski definition) is 0. The van der Waals surface area contributed by atoms with Crippen molar-refractivity contribution in [1.82, 2.24) is 14.5 Å². The highest BCUT2D eigenvalue weighted by Gasteiger charge is 2.34. The topological polar surface area (TPSA) is 89.3 Å². The molecule has 2 aliphatic heterocycles. The van der Waals surface area contributed by atoms with Gasteiger partial charge in [0.15, 0.2) is 9.84 Å². The molecule has 0 N–H and O–H groups in total. The molecule has 4 rings (SSSR count). The third kappa shape index (κ3) is 3.20. The predicted octanol–water partition coefficient (Wildman–Crippen LogP) is 1.75.